The first-order chi connectivity index (χ1) is 16.6. The van der Waals surface area contributed by atoms with E-state index >= 15 is 0 Å². The highest BCUT2D eigenvalue weighted by atomic mass is 32.2. The molecular weight excluding hydrogens is 466 g/mol. The van der Waals surface area contributed by atoms with Gasteiger partial charge in [0.2, 0.25) is 21.8 Å². The monoisotopic (exact) mass is 503 g/mol. The summed E-state index contributed by atoms with van der Waals surface area (Å²) in [6.45, 7) is 6.14. The Kier molecular flexibility index (Phi) is 10.6. The molecule has 0 saturated carbocycles. The summed E-state index contributed by atoms with van der Waals surface area (Å²) in [6.07, 6.45) is 3.24. The number of nitrogens with one attached hydrogen (secondary N) is 1. The summed E-state index contributed by atoms with van der Waals surface area (Å²) in [6, 6.07) is 13.4. The average molecular weight is 504 g/mol. The third kappa shape index (κ3) is 8.28. The summed E-state index contributed by atoms with van der Waals surface area (Å²) >= 11 is 0. The first-order valence-corrected chi connectivity index (χ1v) is 13.7. The van der Waals surface area contributed by atoms with E-state index in [4.69, 9.17) is 4.74 Å². The molecular formula is C26H37N3O5S. The lowest BCUT2D eigenvalue weighted by Gasteiger charge is -2.33. The lowest BCUT2D eigenvalue weighted by atomic mass is 10.1. The van der Waals surface area contributed by atoms with Gasteiger partial charge in [0.05, 0.1) is 19.1 Å². The molecule has 0 aromatic heterocycles. The number of hydrogen-bond acceptors (Lipinski definition) is 5. The molecule has 0 aliphatic rings. The predicted octanol–water partition coefficient (Wildman–Crippen LogP) is 3.49. The van der Waals surface area contributed by atoms with Crippen LogP contribution in [0.4, 0.5) is 5.69 Å². The quantitative estimate of drug-likeness (QED) is 0.422. The number of benzene rings is 2. The van der Waals surface area contributed by atoms with Crippen LogP contribution in [0.1, 0.15) is 44.2 Å². The van der Waals surface area contributed by atoms with Crippen LogP contribution in [-0.4, -0.2) is 57.6 Å². The van der Waals surface area contributed by atoms with E-state index in [-0.39, 0.29) is 12.5 Å². The van der Waals surface area contributed by atoms with E-state index in [0.29, 0.717) is 24.4 Å². The SMILES string of the molecule is CCCCNC(=O)[C@@H](CC)N(Cc1cccc(C)c1)C(=O)CN(c1ccc(OC)cc1)S(C)(=O)=O. The molecule has 192 valence electrons. The number of sulfonamides is 1. The fourth-order valence-electron chi connectivity index (χ4n) is 3.80. The second-order valence-corrected chi connectivity index (χ2v) is 10.5. The molecule has 0 heterocycles. The predicted molar refractivity (Wildman–Crippen MR) is 139 cm³/mol. The largest absolute Gasteiger partial charge is 0.497 e. The van der Waals surface area contributed by atoms with Crippen LogP contribution in [0.2, 0.25) is 0 Å². The highest BCUT2D eigenvalue weighted by molar-refractivity contribution is 7.92. The number of carbonyl (C=O) groups excluding carboxylic acids is 2. The van der Waals surface area contributed by atoms with Gasteiger partial charge >= 0.3 is 0 Å². The smallest absolute Gasteiger partial charge is 0.244 e. The van der Waals surface area contributed by atoms with Crippen molar-refractivity contribution in [2.75, 3.05) is 30.8 Å². The Balaban J connectivity index is 2.39. The summed E-state index contributed by atoms with van der Waals surface area (Å²) in [7, 11) is -2.25. The molecule has 2 amide bonds. The Morgan fingerprint density at radius 3 is 2.31 bits per heavy atom. The molecule has 1 N–H and O–H groups in total. The molecule has 2 aromatic carbocycles. The Morgan fingerprint density at radius 1 is 1.09 bits per heavy atom. The summed E-state index contributed by atoms with van der Waals surface area (Å²) in [5, 5.41) is 2.92. The van der Waals surface area contributed by atoms with Gasteiger partial charge in [0.15, 0.2) is 0 Å². The van der Waals surface area contributed by atoms with Gasteiger partial charge in [-0.25, -0.2) is 8.42 Å². The molecule has 0 fully saturated rings. The number of amides is 2. The summed E-state index contributed by atoms with van der Waals surface area (Å²) < 4.78 is 31.5. The summed E-state index contributed by atoms with van der Waals surface area (Å²) in [5.41, 5.74) is 2.25. The molecule has 8 nitrogen and oxygen atoms in total. The number of rotatable bonds is 13. The molecule has 0 unspecified atom stereocenters. The normalized spacial score (nSPS) is 12.0. The van der Waals surface area contributed by atoms with E-state index < -0.39 is 28.5 Å². The first-order valence-electron chi connectivity index (χ1n) is 11.8. The molecule has 35 heavy (non-hydrogen) atoms. The van der Waals surface area contributed by atoms with Crippen molar-refractivity contribution in [3.05, 3.63) is 59.7 Å². The van der Waals surface area contributed by atoms with Crippen LogP contribution in [-0.2, 0) is 26.2 Å². The van der Waals surface area contributed by atoms with E-state index in [1.807, 2.05) is 45.0 Å². The molecule has 0 radical (unpaired) electrons. The van der Waals surface area contributed by atoms with Crippen LogP contribution in [0.3, 0.4) is 0 Å². The fraction of sp³-hybridized carbons (Fsp3) is 0.462. The maximum Gasteiger partial charge on any atom is 0.244 e. The third-order valence-electron chi connectivity index (χ3n) is 5.69. The first kappa shape index (κ1) is 28.2. The van der Waals surface area contributed by atoms with Crippen molar-refractivity contribution in [2.45, 2.75) is 52.6 Å². The number of aryl methyl sites for hydroxylation is 1. The topological polar surface area (TPSA) is 96.0 Å². The van der Waals surface area contributed by atoms with Gasteiger partial charge in [0.1, 0.15) is 18.3 Å². The van der Waals surface area contributed by atoms with Crippen LogP contribution < -0.4 is 14.4 Å². The molecule has 2 aromatic rings. The number of ether oxygens (including phenoxy) is 1. The van der Waals surface area contributed by atoms with Gasteiger partial charge in [-0.2, -0.15) is 0 Å². The van der Waals surface area contributed by atoms with E-state index in [2.05, 4.69) is 5.32 Å². The molecule has 0 aliphatic carbocycles. The molecule has 2 rings (SSSR count). The van der Waals surface area contributed by atoms with Gasteiger partial charge in [-0.1, -0.05) is 50.1 Å². The standard InChI is InChI=1S/C26H37N3O5S/c1-6-8-16-27-26(31)24(7-2)28(18-21-11-9-10-20(3)17-21)25(30)19-29(35(5,32)33)22-12-14-23(34-4)15-13-22/h9-15,17,24H,6-8,16,18-19H2,1-5H3,(H,27,31)/t24-/m1/s1. The highest BCUT2D eigenvalue weighted by Gasteiger charge is 2.31. The Hall–Kier alpha value is -3.07. The maximum atomic E-state index is 13.6. The Labute approximate surface area is 209 Å². The third-order valence-corrected chi connectivity index (χ3v) is 6.83. The molecule has 0 aliphatic heterocycles. The number of carbonyl (C=O) groups is 2. The summed E-state index contributed by atoms with van der Waals surface area (Å²) in [5.74, 6) is -0.119. The van der Waals surface area contributed by atoms with Gasteiger partial charge in [-0.05, 0) is 49.6 Å². The zero-order chi connectivity index (χ0) is 26.0. The van der Waals surface area contributed by atoms with Gasteiger partial charge < -0.3 is 15.0 Å². The van der Waals surface area contributed by atoms with Crippen molar-refractivity contribution in [3.63, 3.8) is 0 Å². The van der Waals surface area contributed by atoms with Crippen molar-refractivity contribution in [1.82, 2.24) is 10.2 Å². The summed E-state index contributed by atoms with van der Waals surface area (Å²) in [4.78, 5) is 28.1. The van der Waals surface area contributed by atoms with E-state index in [1.165, 1.54) is 12.0 Å². The van der Waals surface area contributed by atoms with Crippen LogP contribution >= 0.6 is 0 Å². The average Bonchev–Trinajstić information content (AvgIpc) is 2.82. The number of methoxy groups -OCH3 is 1. The van der Waals surface area contributed by atoms with E-state index in [1.54, 1.807) is 24.3 Å². The molecule has 0 bridgehead atoms. The highest BCUT2D eigenvalue weighted by Crippen LogP contribution is 2.22. The van der Waals surface area contributed by atoms with Gasteiger partial charge in [-0.15, -0.1) is 0 Å². The molecule has 9 heteroatoms. The van der Waals surface area contributed by atoms with Crippen molar-refractivity contribution in [3.8, 4) is 5.75 Å². The van der Waals surface area contributed by atoms with Crippen molar-refractivity contribution < 1.29 is 22.7 Å². The number of nitrogens with zero attached hydrogens (tertiary/aromatic N) is 2. The van der Waals surface area contributed by atoms with Crippen LogP contribution in [0.5, 0.6) is 5.75 Å². The number of unbranched alkanes of at least 4 members (excludes halogenated alkanes) is 1. The van der Waals surface area contributed by atoms with Crippen LogP contribution in [0, 0.1) is 6.92 Å². The van der Waals surface area contributed by atoms with Gasteiger partial charge in [0.25, 0.3) is 0 Å². The van der Waals surface area contributed by atoms with Crippen molar-refractivity contribution in [1.29, 1.82) is 0 Å². The minimum Gasteiger partial charge on any atom is -0.497 e. The second-order valence-electron chi connectivity index (χ2n) is 8.55. The molecule has 1 atom stereocenters. The zero-order valence-corrected chi connectivity index (χ0v) is 22.1. The lowest BCUT2D eigenvalue weighted by Crippen LogP contribution is -2.52. The van der Waals surface area contributed by atoms with E-state index in [9.17, 15) is 18.0 Å². The van der Waals surface area contributed by atoms with Crippen molar-refractivity contribution >= 4 is 27.5 Å². The Morgan fingerprint density at radius 2 is 1.77 bits per heavy atom. The van der Waals surface area contributed by atoms with Gasteiger partial charge in [-0.3, -0.25) is 13.9 Å². The maximum absolute atomic E-state index is 13.6. The minimum atomic E-state index is -3.77. The molecule has 0 saturated heterocycles. The number of anilines is 1. The molecule has 0 spiro atoms. The number of hydrogen-bond donors (Lipinski definition) is 1. The van der Waals surface area contributed by atoms with Crippen LogP contribution in [0.25, 0.3) is 0 Å². The fourth-order valence-corrected chi connectivity index (χ4v) is 4.64. The minimum absolute atomic E-state index is 0.195. The second kappa shape index (κ2) is 13.1. The zero-order valence-electron chi connectivity index (χ0n) is 21.3. The lowest BCUT2D eigenvalue weighted by molar-refractivity contribution is -0.140. The van der Waals surface area contributed by atoms with Crippen molar-refractivity contribution in [2.24, 2.45) is 0 Å². The van der Waals surface area contributed by atoms with Gasteiger partial charge in [0, 0.05) is 13.1 Å². The van der Waals surface area contributed by atoms with E-state index in [0.717, 1.165) is 34.5 Å². The van der Waals surface area contributed by atoms with Crippen LogP contribution in [0.15, 0.2) is 48.5 Å². The Bertz CT molecular complexity index is 1090.